The van der Waals surface area contributed by atoms with Gasteiger partial charge in [0.15, 0.2) is 0 Å². The molecule has 0 N–H and O–H groups in total. The monoisotopic (exact) mass is 430 g/mol. The SMILES string of the molecule is O=C(c1ccc(F)cc1F)N1CCN(c2cnn(-c3ccccc3)c(=O)c2Cl)CC1. The van der Waals surface area contributed by atoms with E-state index in [1.165, 1.54) is 15.8 Å². The smallest absolute Gasteiger partial charge is 0.292 e. The van der Waals surface area contributed by atoms with Crippen LogP contribution in [-0.2, 0) is 0 Å². The molecular formula is C21H17ClF2N4O2. The molecule has 154 valence electrons. The summed E-state index contributed by atoms with van der Waals surface area (Å²) >= 11 is 6.33. The van der Waals surface area contributed by atoms with Gasteiger partial charge in [-0.3, -0.25) is 9.59 Å². The molecular weight excluding hydrogens is 414 g/mol. The van der Waals surface area contributed by atoms with Gasteiger partial charge in [0.25, 0.3) is 11.5 Å². The van der Waals surface area contributed by atoms with Crippen molar-refractivity contribution in [3.8, 4) is 5.69 Å². The standard InChI is InChI=1S/C21H17ClF2N4O2/c22-19-18(13-25-28(21(19)30)15-4-2-1-3-5-15)26-8-10-27(11-9-26)20(29)16-7-6-14(23)12-17(16)24/h1-7,12-13H,8-11H2. The number of carbonyl (C=O) groups excluding carboxylic acids is 1. The third-order valence-corrected chi connectivity index (χ3v) is 5.33. The minimum Gasteiger partial charge on any atom is -0.365 e. The number of hydrogen-bond acceptors (Lipinski definition) is 4. The minimum absolute atomic E-state index is 0.0400. The van der Waals surface area contributed by atoms with Crippen LogP contribution in [0.2, 0.25) is 5.02 Å². The molecule has 1 saturated heterocycles. The lowest BCUT2D eigenvalue weighted by Crippen LogP contribution is -2.49. The summed E-state index contributed by atoms with van der Waals surface area (Å²) in [6.45, 7) is 1.39. The molecule has 1 aliphatic rings. The number of nitrogens with zero attached hydrogens (tertiary/aromatic N) is 4. The topological polar surface area (TPSA) is 58.4 Å². The molecule has 1 aliphatic heterocycles. The molecule has 30 heavy (non-hydrogen) atoms. The lowest BCUT2D eigenvalue weighted by atomic mass is 10.1. The average molecular weight is 431 g/mol. The Hall–Kier alpha value is -3.26. The highest BCUT2D eigenvalue weighted by Gasteiger charge is 2.26. The van der Waals surface area contributed by atoms with E-state index >= 15 is 0 Å². The van der Waals surface area contributed by atoms with E-state index in [0.717, 1.165) is 12.1 Å². The quantitative estimate of drug-likeness (QED) is 0.640. The van der Waals surface area contributed by atoms with Gasteiger partial charge in [-0.2, -0.15) is 9.78 Å². The first-order valence-corrected chi connectivity index (χ1v) is 9.66. The van der Waals surface area contributed by atoms with E-state index in [1.54, 1.807) is 24.3 Å². The molecule has 9 heteroatoms. The number of rotatable bonds is 3. The lowest BCUT2D eigenvalue weighted by Gasteiger charge is -2.36. The molecule has 3 aromatic rings. The zero-order valence-corrected chi connectivity index (χ0v) is 16.5. The Morgan fingerprint density at radius 2 is 1.70 bits per heavy atom. The molecule has 1 fully saturated rings. The van der Waals surface area contributed by atoms with Crippen LogP contribution in [0.5, 0.6) is 0 Å². The summed E-state index contributed by atoms with van der Waals surface area (Å²) in [6.07, 6.45) is 1.52. The summed E-state index contributed by atoms with van der Waals surface area (Å²) in [5, 5.41) is 4.26. The summed E-state index contributed by atoms with van der Waals surface area (Å²) in [5.74, 6) is -2.13. The molecule has 4 rings (SSSR count). The number of hydrogen-bond donors (Lipinski definition) is 0. The normalized spacial score (nSPS) is 14.1. The fraction of sp³-hybridized carbons (Fsp3) is 0.190. The van der Waals surface area contributed by atoms with Crippen LogP contribution in [-0.4, -0.2) is 46.8 Å². The Labute approximate surface area is 175 Å². The third kappa shape index (κ3) is 3.78. The summed E-state index contributed by atoms with van der Waals surface area (Å²) in [5.41, 5.74) is 0.476. The molecule has 0 unspecified atom stereocenters. The fourth-order valence-electron chi connectivity index (χ4n) is 3.38. The summed E-state index contributed by atoms with van der Waals surface area (Å²) in [7, 11) is 0. The van der Waals surface area contributed by atoms with Gasteiger partial charge in [0.1, 0.15) is 16.7 Å². The maximum atomic E-state index is 13.9. The third-order valence-electron chi connectivity index (χ3n) is 4.97. The second-order valence-electron chi connectivity index (χ2n) is 6.80. The van der Waals surface area contributed by atoms with Crippen molar-refractivity contribution in [3.05, 3.63) is 87.3 Å². The van der Waals surface area contributed by atoms with Crippen LogP contribution in [0.3, 0.4) is 0 Å². The first-order chi connectivity index (χ1) is 14.5. The Kier molecular flexibility index (Phi) is 5.50. The van der Waals surface area contributed by atoms with Gasteiger partial charge in [-0.15, -0.1) is 0 Å². The Morgan fingerprint density at radius 1 is 1.00 bits per heavy atom. The van der Waals surface area contributed by atoms with Crippen molar-refractivity contribution in [2.24, 2.45) is 0 Å². The maximum absolute atomic E-state index is 13.9. The molecule has 1 amide bonds. The second-order valence-corrected chi connectivity index (χ2v) is 7.18. The Morgan fingerprint density at radius 3 is 2.37 bits per heavy atom. The van der Waals surface area contributed by atoms with Gasteiger partial charge < -0.3 is 9.80 Å². The van der Waals surface area contributed by atoms with Crippen molar-refractivity contribution in [1.82, 2.24) is 14.7 Å². The van der Waals surface area contributed by atoms with Gasteiger partial charge in [-0.1, -0.05) is 29.8 Å². The van der Waals surface area contributed by atoms with Gasteiger partial charge in [-0.05, 0) is 24.3 Å². The summed E-state index contributed by atoms with van der Waals surface area (Å²) < 4.78 is 28.2. The summed E-state index contributed by atoms with van der Waals surface area (Å²) in [6, 6.07) is 11.8. The van der Waals surface area contributed by atoms with Crippen molar-refractivity contribution in [2.75, 3.05) is 31.1 Å². The number of anilines is 1. The van der Waals surface area contributed by atoms with Gasteiger partial charge in [0.05, 0.1) is 23.1 Å². The van der Waals surface area contributed by atoms with Crippen molar-refractivity contribution in [3.63, 3.8) is 0 Å². The van der Waals surface area contributed by atoms with E-state index in [4.69, 9.17) is 11.6 Å². The second kappa shape index (κ2) is 8.23. The molecule has 0 saturated carbocycles. The average Bonchev–Trinajstić information content (AvgIpc) is 2.76. The summed E-state index contributed by atoms with van der Waals surface area (Å²) in [4.78, 5) is 28.6. The highest BCUT2D eigenvalue weighted by molar-refractivity contribution is 6.33. The van der Waals surface area contributed by atoms with Crippen LogP contribution >= 0.6 is 11.6 Å². The number of halogens is 3. The van der Waals surface area contributed by atoms with Crippen LogP contribution < -0.4 is 10.5 Å². The number of aromatic nitrogens is 2. The zero-order chi connectivity index (χ0) is 21.3. The molecule has 0 bridgehead atoms. The van der Waals surface area contributed by atoms with E-state index in [2.05, 4.69) is 5.10 Å². The first-order valence-electron chi connectivity index (χ1n) is 9.28. The number of para-hydroxylation sites is 1. The highest BCUT2D eigenvalue weighted by atomic mass is 35.5. The van der Waals surface area contributed by atoms with E-state index in [0.29, 0.717) is 43.6 Å². The zero-order valence-electron chi connectivity index (χ0n) is 15.8. The van der Waals surface area contributed by atoms with Crippen molar-refractivity contribution in [1.29, 1.82) is 0 Å². The van der Waals surface area contributed by atoms with Crippen LogP contribution in [0.4, 0.5) is 14.5 Å². The van der Waals surface area contributed by atoms with Crippen LogP contribution in [0, 0.1) is 11.6 Å². The number of amides is 1. The predicted octanol–water partition coefficient (Wildman–Crippen LogP) is 3.13. The molecule has 0 atom stereocenters. The van der Waals surface area contributed by atoms with Crippen LogP contribution in [0.1, 0.15) is 10.4 Å². The molecule has 0 aliphatic carbocycles. The van der Waals surface area contributed by atoms with Gasteiger partial charge in [-0.25, -0.2) is 8.78 Å². The number of benzene rings is 2. The van der Waals surface area contributed by atoms with E-state index in [9.17, 15) is 18.4 Å². The van der Waals surface area contributed by atoms with E-state index in [1.807, 2.05) is 11.0 Å². The predicted molar refractivity (Wildman–Crippen MR) is 109 cm³/mol. The molecule has 1 aromatic heterocycles. The lowest BCUT2D eigenvalue weighted by molar-refractivity contribution is 0.0742. The van der Waals surface area contributed by atoms with E-state index in [-0.39, 0.29) is 10.6 Å². The van der Waals surface area contributed by atoms with E-state index < -0.39 is 23.1 Å². The molecule has 2 heterocycles. The largest absolute Gasteiger partial charge is 0.365 e. The fourth-order valence-corrected chi connectivity index (χ4v) is 3.63. The van der Waals surface area contributed by atoms with Crippen molar-refractivity contribution in [2.45, 2.75) is 0 Å². The van der Waals surface area contributed by atoms with Crippen molar-refractivity contribution < 1.29 is 13.6 Å². The molecule has 0 spiro atoms. The Bertz CT molecular complexity index is 1150. The van der Waals surface area contributed by atoms with Crippen LogP contribution in [0.15, 0.2) is 59.5 Å². The number of piperazine rings is 1. The first kappa shape index (κ1) is 20.0. The van der Waals surface area contributed by atoms with Crippen LogP contribution in [0.25, 0.3) is 5.69 Å². The van der Waals surface area contributed by atoms with Gasteiger partial charge >= 0.3 is 0 Å². The highest BCUT2D eigenvalue weighted by Crippen LogP contribution is 2.24. The molecule has 6 nitrogen and oxygen atoms in total. The number of carbonyl (C=O) groups is 1. The maximum Gasteiger partial charge on any atom is 0.292 e. The Balaban J connectivity index is 1.50. The molecule has 2 aromatic carbocycles. The van der Waals surface area contributed by atoms with Gasteiger partial charge in [0.2, 0.25) is 0 Å². The molecule has 0 radical (unpaired) electrons. The minimum atomic E-state index is -0.890. The van der Waals surface area contributed by atoms with Crippen molar-refractivity contribution >= 4 is 23.2 Å². The van der Waals surface area contributed by atoms with Gasteiger partial charge in [0, 0.05) is 32.2 Å².